The predicted molar refractivity (Wildman–Crippen MR) is 121 cm³/mol. The van der Waals surface area contributed by atoms with E-state index in [1.165, 1.54) is 16.0 Å². The fourth-order valence-electron chi connectivity index (χ4n) is 4.65. The van der Waals surface area contributed by atoms with E-state index >= 15 is 0 Å². The van der Waals surface area contributed by atoms with E-state index in [4.69, 9.17) is 0 Å². The molecule has 2 radical (unpaired) electrons. The molecule has 160 valence electrons. The van der Waals surface area contributed by atoms with Crippen molar-refractivity contribution in [1.29, 1.82) is 0 Å². The molecule has 2 heterocycles. The van der Waals surface area contributed by atoms with E-state index in [-0.39, 0.29) is 40.7 Å². The Bertz CT molecular complexity index is 791. The summed E-state index contributed by atoms with van der Waals surface area (Å²) in [4.78, 5) is 27.0. The maximum absolute atomic E-state index is 12.8. The minimum Gasteiger partial charge on any atom is -0.317 e. The van der Waals surface area contributed by atoms with E-state index in [1.807, 2.05) is 35.6 Å². The summed E-state index contributed by atoms with van der Waals surface area (Å²) >= 11 is 0. The number of hydrogen-bond acceptors (Lipinski definition) is 2. The third-order valence-corrected chi connectivity index (χ3v) is 10.2. The van der Waals surface area contributed by atoms with Crippen LogP contribution in [0.25, 0.3) is 0 Å². The molecule has 1 N–H and O–H groups in total. The maximum Gasteiger partial charge on any atom is 0.324 e. The van der Waals surface area contributed by atoms with Gasteiger partial charge in [-0.2, -0.15) is 0 Å². The van der Waals surface area contributed by atoms with Crippen LogP contribution in [0.4, 0.5) is 4.79 Å². The number of carbonyl (C=O) groups is 2. The van der Waals surface area contributed by atoms with Gasteiger partial charge in [-0.25, -0.2) is 4.79 Å². The molecule has 4 nitrogen and oxygen atoms in total. The molecule has 0 aromatic rings. The van der Waals surface area contributed by atoms with Gasteiger partial charge < -0.3 is 4.90 Å². The van der Waals surface area contributed by atoms with Gasteiger partial charge in [-0.3, -0.25) is 10.1 Å². The largest absolute Gasteiger partial charge is 0.324 e. The van der Waals surface area contributed by atoms with Gasteiger partial charge in [0.25, 0.3) is 0 Å². The van der Waals surface area contributed by atoms with Crippen LogP contribution in [0.15, 0.2) is 46.3 Å². The van der Waals surface area contributed by atoms with Gasteiger partial charge in [0.05, 0.1) is 28.1 Å². The zero-order valence-corrected chi connectivity index (χ0v) is 21.4. The molecule has 0 bridgehead atoms. The van der Waals surface area contributed by atoms with E-state index in [2.05, 4.69) is 50.7 Å². The van der Waals surface area contributed by atoms with Crippen molar-refractivity contribution in [2.24, 2.45) is 5.92 Å². The standard InChI is InChI=1S/C17H28N2O2Si2.C5H5.Co/c1-22(2,3)12-10-11-8-7-9-19-14(11)13(15(12)23(4,5)6)16(20)18-17(19)21;1-2-4-5-3-1;/h10,13-14H,7-9H2,1-6H3,(H,18,20,21);1-5H;/t13-,14-;;/m0../s1. The van der Waals surface area contributed by atoms with Gasteiger partial charge >= 0.3 is 6.03 Å². The second kappa shape index (κ2) is 8.91. The molecule has 0 spiro atoms. The van der Waals surface area contributed by atoms with Crippen LogP contribution in [0.3, 0.4) is 0 Å². The Kier molecular flexibility index (Phi) is 7.41. The monoisotopic (exact) mass is 472 g/mol. The van der Waals surface area contributed by atoms with Crippen molar-refractivity contribution in [3.05, 3.63) is 52.8 Å². The van der Waals surface area contributed by atoms with Crippen LogP contribution in [0.1, 0.15) is 12.8 Å². The average molecular weight is 473 g/mol. The molecule has 4 rings (SSSR count). The van der Waals surface area contributed by atoms with Gasteiger partial charge in [0, 0.05) is 29.7 Å². The number of piperidine rings is 1. The van der Waals surface area contributed by atoms with E-state index in [1.54, 1.807) is 0 Å². The Balaban J connectivity index is 0.000000437. The maximum atomic E-state index is 12.8. The second-order valence-corrected chi connectivity index (χ2v) is 20.1. The third kappa shape index (κ3) is 4.95. The number of hydrogen-bond donors (Lipinski definition) is 1. The number of imide groups is 1. The van der Waals surface area contributed by atoms with E-state index < -0.39 is 16.1 Å². The molecular weight excluding hydrogens is 439 g/mol. The van der Waals surface area contributed by atoms with Crippen molar-refractivity contribution in [2.45, 2.75) is 58.2 Å². The zero-order valence-electron chi connectivity index (χ0n) is 18.3. The molecule has 2 aliphatic carbocycles. The van der Waals surface area contributed by atoms with Gasteiger partial charge in [0.2, 0.25) is 5.91 Å². The first kappa shape index (κ1) is 24.1. The van der Waals surface area contributed by atoms with Gasteiger partial charge in [-0.05, 0) is 18.4 Å². The molecule has 4 aliphatic rings. The molecule has 2 atom stereocenters. The van der Waals surface area contributed by atoms with Crippen molar-refractivity contribution >= 4 is 28.1 Å². The van der Waals surface area contributed by atoms with Crippen molar-refractivity contribution in [3.8, 4) is 0 Å². The van der Waals surface area contributed by atoms with Crippen LogP contribution in [0.2, 0.25) is 39.3 Å². The fourth-order valence-corrected chi connectivity index (χ4v) is 10.6. The fraction of sp³-hybridized carbons (Fsp3) is 0.500. The van der Waals surface area contributed by atoms with Gasteiger partial charge in [0.15, 0.2) is 0 Å². The molecule has 2 saturated heterocycles. The molecule has 7 heteroatoms. The number of allylic oxidation sites excluding steroid dienone is 6. The Morgan fingerprint density at radius 3 is 2.07 bits per heavy atom. The minimum atomic E-state index is -1.68. The summed E-state index contributed by atoms with van der Waals surface area (Å²) in [5, 5.41) is 5.49. The van der Waals surface area contributed by atoms with Crippen molar-refractivity contribution in [1.82, 2.24) is 10.2 Å². The van der Waals surface area contributed by atoms with Crippen molar-refractivity contribution < 1.29 is 26.4 Å². The van der Waals surface area contributed by atoms with Crippen molar-refractivity contribution in [2.75, 3.05) is 6.54 Å². The number of nitrogens with zero attached hydrogens (tertiary/aromatic N) is 1. The smallest absolute Gasteiger partial charge is 0.317 e. The Morgan fingerprint density at radius 2 is 1.59 bits per heavy atom. The Morgan fingerprint density at radius 1 is 0.966 bits per heavy atom. The predicted octanol–water partition coefficient (Wildman–Crippen LogP) is 4.62. The van der Waals surface area contributed by atoms with Crippen molar-refractivity contribution in [3.63, 3.8) is 0 Å². The minimum absolute atomic E-state index is 0. The summed E-state index contributed by atoms with van der Waals surface area (Å²) in [6, 6.07) is -0.222. The SMILES string of the molecule is C[Si](C)(C)C1=C([Si](C)(C)C)[C@H]2C(=O)NC(=O)N3CCCC(=C1)[C@@H]23.[CH]1C=CC=C1.[Co]. The summed E-state index contributed by atoms with van der Waals surface area (Å²) in [6.07, 6.45) is 14.4. The molecule has 0 saturated carbocycles. The van der Waals surface area contributed by atoms with Crippen LogP contribution in [-0.4, -0.2) is 45.6 Å². The van der Waals surface area contributed by atoms with E-state index in [9.17, 15) is 9.59 Å². The molecule has 2 aliphatic heterocycles. The number of urea groups is 1. The molecule has 2 fully saturated rings. The number of nitrogens with one attached hydrogen (secondary N) is 1. The van der Waals surface area contributed by atoms with E-state index in [0.29, 0.717) is 0 Å². The second-order valence-electron chi connectivity index (χ2n) is 10.0. The molecule has 0 unspecified atom stereocenters. The Hall–Kier alpha value is -1.16. The topological polar surface area (TPSA) is 49.4 Å². The summed E-state index contributed by atoms with van der Waals surface area (Å²) in [5.41, 5.74) is 1.31. The van der Waals surface area contributed by atoms with Crippen LogP contribution in [-0.2, 0) is 21.6 Å². The van der Waals surface area contributed by atoms with E-state index in [0.717, 1.165) is 19.4 Å². The first-order chi connectivity index (χ1) is 13.0. The third-order valence-electron chi connectivity index (χ3n) is 5.77. The van der Waals surface area contributed by atoms with Crippen LogP contribution in [0, 0.1) is 12.3 Å². The number of amides is 3. The normalized spacial score (nSPS) is 25.6. The van der Waals surface area contributed by atoms with Gasteiger partial charge in [-0.15, -0.1) is 0 Å². The molecule has 0 aromatic carbocycles. The summed E-state index contributed by atoms with van der Waals surface area (Å²) in [5.74, 6) is -0.224. The molecule has 29 heavy (non-hydrogen) atoms. The number of rotatable bonds is 2. The molecular formula is C22H33CoN2O2Si2. The first-order valence-corrected chi connectivity index (χ1v) is 17.3. The molecule has 0 aromatic heterocycles. The van der Waals surface area contributed by atoms with Gasteiger partial charge in [-0.1, -0.05) is 80.1 Å². The van der Waals surface area contributed by atoms with Crippen LogP contribution in [0.5, 0.6) is 0 Å². The quantitative estimate of drug-likeness (QED) is 0.596. The van der Waals surface area contributed by atoms with Gasteiger partial charge in [0.1, 0.15) is 0 Å². The summed E-state index contributed by atoms with van der Waals surface area (Å²) in [6.45, 7) is 14.9. The summed E-state index contributed by atoms with van der Waals surface area (Å²) < 4.78 is 0. The first-order valence-electron chi connectivity index (χ1n) is 10.3. The van der Waals surface area contributed by atoms with Crippen LogP contribution < -0.4 is 5.32 Å². The van der Waals surface area contributed by atoms with Crippen LogP contribution >= 0.6 is 0 Å². The molecule has 3 amide bonds. The zero-order chi connectivity index (χ0) is 20.7. The summed E-state index contributed by atoms with van der Waals surface area (Å²) in [7, 11) is -3.23. The average Bonchev–Trinajstić information content (AvgIpc) is 3.16. The number of carbonyl (C=O) groups excluding carboxylic acids is 2. The Labute approximate surface area is 187 Å².